The van der Waals surface area contributed by atoms with E-state index in [1.807, 2.05) is 11.0 Å². The highest BCUT2D eigenvalue weighted by Crippen LogP contribution is 2.18. The summed E-state index contributed by atoms with van der Waals surface area (Å²) in [6.45, 7) is 3.08. The van der Waals surface area contributed by atoms with E-state index in [0.717, 1.165) is 38.9 Å². The number of hydrogen-bond donors (Lipinski definition) is 3. The number of nitrogens with one attached hydrogen (secondary N) is 2. The molecule has 124 valence electrons. The lowest BCUT2D eigenvalue weighted by Crippen LogP contribution is -2.42. The Labute approximate surface area is 136 Å². The third-order valence-corrected chi connectivity index (χ3v) is 4.69. The van der Waals surface area contributed by atoms with Gasteiger partial charge in [0.1, 0.15) is 0 Å². The highest BCUT2D eigenvalue weighted by molar-refractivity contribution is 5.99. The Morgan fingerprint density at radius 1 is 1.26 bits per heavy atom. The van der Waals surface area contributed by atoms with Gasteiger partial charge in [-0.25, -0.2) is 0 Å². The molecule has 0 aliphatic carbocycles. The van der Waals surface area contributed by atoms with Gasteiger partial charge in [0.25, 0.3) is 5.91 Å². The molecule has 2 amide bonds. The van der Waals surface area contributed by atoms with E-state index in [-0.39, 0.29) is 23.8 Å². The number of likely N-dealkylation sites (tertiary alicyclic amines) is 1. The average Bonchev–Trinajstić information content (AvgIpc) is 3.24. The van der Waals surface area contributed by atoms with Crippen LogP contribution in [0.4, 0.5) is 5.69 Å². The number of nitrogen functional groups attached to an aromatic ring is 1. The molecule has 1 unspecified atom stereocenters. The maximum Gasteiger partial charge on any atom is 0.253 e. The van der Waals surface area contributed by atoms with Crippen molar-refractivity contribution in [3.8, 4) is 0 Å². The van der Waals surface area contributed by atoms with E-state index in [0.29, 0.717) is 17.8 Å². The standard InChI is InChI=1S/C17H24N4O2/c18-14-6-2-1-5-13(14)16(22)20-11-12-9-15(19-10-12)17(23)21-7-3-4-8-21/h1-2,5-6,12,15,19H,3-4,7-11,18H2,(H,20,22)/t12?,15-/m0/s1. The summed E-state index contributed by atoms with van der Waals surface area (Å²) < 4.78 is 0. The molecule has 6 nitrogen and oxygen atoms in total. The lowest BCUT2D eigenvalue weighted by Gasteiger charge is -2.20. The number of nitrogens with two attached hydrogens (primary N) is 1. The van der Waals surface area contributed by atoms with E-state index in [9.17, 15) is 9.59 Å². The Balaban J connectivity index is 1.47. The van der Waals surface area contributed by atoms with Crippen molar-refractivity contribution in [2.45, 2.75) is 25.3 Å². The molecule has 2 fully saturated rings. The predicted octanol–water partition coefficient (Wildman–Crippen LogP) is 0.599. The molecular formula is C17H24N4O2. The average molecular weight is 316 g/mol. The van der Waals surface area contributed by atoms with E-state index >= 15 is 0 Å². The fourth-order valence-corrected chi connectivity index (χ4v) is 3.35. The zero-order valence-electron chi connectivity index (χ0n) is 13.3. The molecule has 0 aromatic heterocycles. The second kappa shape index (κ2) is 7.00. The highest BCUT2D eigenvalue weighted by atomic mass is 16.2. The number of amides is 2. The van der Waals surface area contributed by atoms with Crippen LogP contribution in [-0.4, -0.2) is 48.9 Å². The van der Waals surface area contributed by atoms with Crippen molar-refractivity contribution < 1.29 is 9.59 Å². The summed E-state index contributed by atoms with van der Waals surface area (Å²) in [5.41, 5.74) is 6.80. The van der Waals surface area contributed by atoms with Crippen LogP contribution in [0.1, 0.15) is 29.6 Å². The Hall–Kier alpha value is -2.08. The Bertz CT molecular complexity index is 584. The third-order valence-electron chi connectivity index (χ3n) is 4.69. The van der Waals surface area contributed by atoms with Crippen molar-refractivity contribution in [2.75, 3.05) is 31.9 Å². The molecule has 0 bridgehead atoms. The summed E-state index contributed by atoms with van der Waals surface area (Å²) in [4.78, 5) is 26.5. The van der Waals surface area contributed by atoms with E-state index in [4.69, 9.17) is 5.73 Å². The summed E-state index contributed by atoms with van der Waals surface area (Å²) in [6.07, 6.45) is 2.99. The minimum absolute atomic E-state index is 0.100. The summed E-state index contributed by atoms with van der Waals surface area (Å²) in [7, 11) is 0. The van der Waals surface area contributed by atoms with Crippen LogP contribution >= 0.6 is 0 Å². The van der Waals surface area contributed by atoms with E-state index < -0.39 is 0 Å². The van der Waals surface area contributed by atoms with Gasteiger partial charge in [0.05, 0.1) is 11.6 Å². The molecule has 1 aromatic rings. The fraction of sp³-hybridized carbons (Fsp3) is 0.529. The van der Waals surface area contributed by atoms with Gasteiger partial charge in [-0.05, 0) is 37.3 Å². The number of carbonyl (C=O) groups excluding carboxylic acids is 2. The summed E-state index contributed by atoms with van der Waals surface area (Å²) in [5.74, 6) is 0.335. The molecule has 0 radical (unpaired) electrons. The second-order valence-corrected chi connectivity index (χ2v) is 6.39. The van der Waals surface area contributed by atoms with Crippen molar-refractivity contribution in [1.29, 1.82) is 0 Å². The van der Waals surface area contributed by atoms with Crippen LogP contribution in [0.2, 0.25) is 0 Å². The van der Waals surface area contributed by atoms with Crippen molar-refractivity contribution in [1.82, 2.24) is 15.5 Å². The van der Waals surface area contributed by atoms with Gasteiger partial charge in [0.15, 0.2) is 0 Å². The predicted molar refractivity (Wildman–Crippen MR) is 88.9 cm³/mol. The molecule has 3 rings (SSSR count). The lowest BCUT2D eigenvalue weighted by atomic mass is 10.0. The van der Waals surface area contributed by atoms with Crippen LogP contribution in [0.25, 0.3) is 0 Å². The highest BCUT2D eigenvalue weighted by Gasteiger charge is 2.33. The largest absolute Gasteiger partial charge is 0.398 e. The summed E-state index contributed by atoms with van der Waals surface area (Å²) in [5, 5.41) is 6.22. The molecule has 23 heavy (non-hydrogen) atoms. The Morgan fingerprint density at radius 2 is 2.00 bits per heavy atom. The second-order valence-electron chi connectivity index (χ2n) is 6.39. The van der Waals surface area contributed by atoms with Crippen LogP contribution in [0.15, 0.2) is 24.3 Å². The number of nitrogens with zero attached hydrogens (tertiary/aromatic N) is 1. The SMILES string of the molecule is Nc1ccccc1C(=O)NCC1CN[C@H](C(=O)N2CCCC2)C1. The molecule has 2 atom stereocenters. The van der Waals surface area contributed by atoms with Crippen molar-refractivity contribution >= 4 is 17.5 Å². The fourth-order valence-electron chi connectivity index (χ4n) is 3.35. The van der Waals surface area contributed by atoms with Crippen LogP contribution in [0, 0.1) is 5.92 Å². The van der Waals surface area contributed by atoms with E-state index in [1.54, 1.807) is 18.2 Å². The molecule has 2 aliphatic heterocycles. The van der Waals surface area contributed by atoms with Gasteiger partial charge in [-0.15, -0.1) is 0 Å². The quantitative estimate of drug-likeness (QED) is 0.710. The first-order valence-corrected chi connectivity index (χ1v) is 8.30. The zero-order valence-corrected chi connectivity index (χ0v) is 13.3. The zero-order chi connectivity index (χ0) is 16.2. The molecule has 2 aliphatic rings. The summed E-state index contributed by atoms with van der Waals surface area (Å²) >= 11 is 0. The molecule has 2 heterocycles. The van der Waals surface area contributed by atoms with Crippen molar-refractivity contribution in [3.63, 3.8) is 0 Å². The first-order valence-electron chi connectivity index (χ1n) is 8.30. The number of rotatable bonds is 4. The van der Waals surface area contributed by atoms with Crippen LogP contribution < -0.4 is 16.4 Å². The number of anilines is 1. The van der Waals surface area contributed by atoms with E-state index in [1.165, 1.54) is 0 Å². The maximum atomic E-state index is 12.4. The molecule has 6 heteroatoms. The Kier molecular flexibility index (Phi) is 4.81. The number of carbonyl (C=O) groups is 2. The van der Waals surface area contributed by atoms with Gasteiger partial charge in [0, 0.05) is 31.9 Å². The minimum atomic E-state index is -0.155. The third kappa shape index (κ3) is 3.64. The normalized spacial score (nSPS) is 23.9. The minimum Gasteiger partial charge on any atom is -0.398 e. The van der Waals surface area contributed by atoms with Gasteiger partial charge < -0.3 is 21.3 Å². The maximum absolute atomic E-state index is 12.4. The molecule has 0 saturated carbocycles. The molecule has 0 spiro atoms. The Morgan fingerprint density at radius 3 is 2.74 bits per heavy atom. The monoisotopic (exact) mass is 316 g/mol. The lowest BCUT2D eigenvalue weighted by molar-refractivity contribution is -0.132. The molecular weight excluding hydrogens is 292 g/mol. The van der Waals surface area contributed by atoms with Gasteiger partial charge in [-0.2, -0.15) is 0 Å². The summed E-state index contributed by atoms with van der Waals surface area (Å²) in [6, 6.07) is 6.94. The first-order chi connectivity index (χ1) is 11.1. The smallest absolute Gasteiger partial charge is 0.253 e. The van der Waals surface area contributed by atoms with Crippen LogP contribution in [0.5, 0.6) is 0 Å². The van der Waals surface area contributed by atoms with Gasteiger partial charge in [0.2, 0.25) is 5.91 Å². The van der Waals surface area contributed by atoms with Crippen LogP contribution in [-0.2, 0) is 4.79 Å². The van der Waals surface area contributed by atoms with Crippen LogP contribution in [0.3, 0.4) is 0 Å². The molecule has 4 N–H and O–H groups in total. The number of benzene rings is 1. The van der Waals surface area contributed by atoms with E-state index in [2.05, 4.69) is 10.6 Å². The van der Waals surface area contributed by atoms with Gasteiger partial charge in [-0.1, -0.05) is 12.1 Å². The molecule has 1 aromatic carbocycles. The van der Waals surface area contributed by atoms with Crippen molar-refractivity contribution in [3.05, 3.63) is 29.8 Å². The number of hydrogen-bond acceptors (Lipinski definition) is 4. The van der Waals surface area contributed by atoms with Gasteiger partial charge in [-0.3, -0.25) is 9.59 Å². The molecule has 2 saturated heterocycles. The first kappa shape index (κ1) is 15.8. The van der Waals surface area contributed by atoms with Gasteiger partial charge >= 0.3 is 0 Å². The number of para-hydroxylation sites is 1. The topological polar surface area (TPSA) is 87.5 Å². The van der Waals surface area contributed by atoms with Crippen molar-refractivity contribution in [2.24, 2.45) is 5.92 Å².